The van der Waals surface area contributed by atoms with Crippen molar-refractivity contribution in [3.05, 3.63) is 12.4 Å². The molecule has 0 aromatic heterocycles. The molecule has 54 valence electrons. The fourth-order valence-electron chi connectivity index (χ4n) is 0.171. The summed E-state index contributed by atoms with van der Waals surface area (Å²) in [5, 5.41) is 0. The molecule has 0 aromatic rings. The number of hydrogen-bond acceptors (Lipinski definition) is 4. The smallest absolute Gasteiger partial charge is 0.790 e. The predicted octanol–water partition coefficient (Wildman–Crippen LogP) is -6.68. The molecule has 0 spiro atoms. The van der Waals surface area contributed by atoms with Crippen LogP contribution in [0.3, 0.4) is 0 Å². The second kappa shape index (κ2) is 9.07. The summed E-state index contributed by atoms with van der Waals surface area (Å²) in [6.45, 7) is -0.541. The van der Waals surface area contributed by atoms with Crippen LogP contribution in [0.2, 0.25) is 0 Å². The molecule has 0 saturated heterocycles. The van der Waals surface area contributed by atoms with Crippen molar-refractivity contribution in [3.8, 4) is 0 Å². The number of hydrogen-bond donors (Lipinski definition) is 0. The molecule has 8 heteroatoms. The van der Waals surface area contributed by atoms with Gasteiger partial charge < -0.3 is 18.9 Å². The Morgan fingerprint density at radius 1 is 1.45 bits per heavy atom. The summed E-state index contributed by atoms with van der Waals surface area (Å²) in [6, 6.07) is 0. The maximum Gasteiger partial charge on any atom is 1.00 e. The zero-order valence-electron chi connectivity index (χ0n) is 6.32. The van der Waals surface area contributed by atoms with Crippen molar-refractivity contribution in [3.63, 3.8) is 0 Å². The van der Waals surface area contributed by atoms with E-state index in [9.17, 15) is 18.7 Å². The van der Waals surface area contributed by atoms with Crippen LogP contribution in [0.25, 0.3) is 0 Å². The molecule has 0 amide bonds. The summed E-state index contributed by atoms with van der Waals surface area (Å²) < 4.78 is 24.2. The zero-order chi connectivity index (χ0) is 7.33. The summed E-state index contributed by atoms with van der Waals surface area (Å²) in [5.74, 6) is 0. The Morgan fingerprint density at radius 2 is 1.91 bits per heavy atom. The first kappa shape index (κ1) is 17.9. The normalized spacial score (nSPS) is 10.5. The van der Waals surface area contributed by atoms with E-state index in [1.54, 1.807) is 0 Å². The summed E-state index contributed by atoms with van der Waals surface area (Å²) in [4.78, 5) is 19.2. The Hall–Kier alpha value is 0.975. The number of phosphoric ester groups is 1. The molecule has 0 aliphatic rings. The molecule has 0 rings (SSSR count). The summed E-state index contributed by atoms with van der Waals surface area (Å²) in [7, 11) is -4.91. The monoisotopic (exact) mass is 168 g/mol. The molecule has 0 atom stereocenters. The molecule has 0 bridgehead atoms. The topological polar surface area (TPSA) is 72.4 Å². The first-order valence-electron chi connectivity index (χ1n) is 1.98. The third-order valence-electron chi connectivity index (χ3n) is 0.418. The van der Waals surface area contributed by atoms with Gasteiger partial charge in [0.25, 0.3) is 0 Å². The van der Waals surface area contributed by atoms with Gasteiger partial charge in [-0.1, -0.05) is 0 Å². The van der Waals surface area contributed by atoms with E-state index in [0.29, 0.717) is 0 Å². The van der Waals surface area contributed by atoms with Crippen molar-refractivity contribution in [1.29, 1.82) is 0 Å². The van der Waals surface area contributed by atoms with Gasteiger partial charge >= 0.3 is 37.7 Å². The summed E-state index contributed by atoms with van der Waals surface area (Å²) in [6.07, 6.45) is 0.859. The molecule has 0 aliphatic heterocycles. The van der Waals surface area contributed by atoms with Crippen LogP contribution in [0, 0.1) is 0 Å². The second-order valence-corrected chi connectivity index (χ2v) is 2.26. The third-order valence-corrected chi connectivity index (χ3v) is 0.883. The van der Waals surface area contributed by atoms with Gasteiger partial charge in [0.15, 0.2) is 0 Å². The fraction of sp³-hybridized carbons (Fsp3) is 0.333. The summed E-state index contributed by atoms with van der Waals surface area (Å²) in [5.41, 5.74) is 0. The van der Waals surface area contributed by atoms with Gasteiger partial charge in [0.1, 0.15) is 0 Å². The maximum atomic E-state index is 11.0. The quantitative estimate of drug-likeness (QED) is 0.310. The van der Waals surface area contributed by atoms with Crippen molar-refractivity contribution >= 4 is 7.82 Å². The second-order valence-electron chi connectivity index (χ2n) is 1.10. The van der Waals surface area contributed by atoms with E-state index in [1.807, 2.05) is 0 Å². The van der Waals surface area contributed by atoms with Gasteiger partial charge in [-0.25, -0.2) is 4.39 Å². The van der Waals surface area contributed by atoms with E-state index >= 15 is 0 Å². The Kier molecular flexibility index (Phi) is 14.8. The summed E-state index contributed by atoms with van der Waals surface area (Å²) >= 11 is 0. The number of phosphoric acid groups is 1. The van der Waals surface area contributed by atoms with Gasteiger partial charge in [0.05, 0.1) is 20.8 Å². The predicted molar refractivity (Wildman–Crippen MR) is 23.8 cm³/mol. The van der Waals surface area contributed by atoms with Gasteiger partial charge in [0, 0.05) is 0 Å². The third kappa shape index (κ3) is 18.2. The van der Waals surface area contributed by atoms with E-state index in [1.165, 1.54) is 0 Å². The first-order valence-corrected chi connectivity index (χ1v) is 3.44. The Labute approximate surface area is 87.8 Å². The van der Waals surface area contributed by atoms with E-state index in [2.05, 4.69) is 4.52 Å². The van der Waals surface area contributed by atoms with E-state index in [4.69, 9.17) is 0 Å². The molecule has 0 fully saturated rings. The van der Waals surface area contributed by atoms with E-state index in [-0.39, 0.29) is 44.1 Å². The molecule has 0 saturated carbocycles. The SMILES string of the molecule is O=P([O-])([O-])OCC=CF.[Li+].[Li+]. The molecule has 4 nitrogen and oxygen atoms in total. The van der Waals surface area contributed by atoms with Crippen LogP contribution in [-0.2, 0) is 9.09 Å². The van der Waals surface area contributed by atoms with Crippen molar-refractivity contribution in [1.82, 2.24) is 0 Å². The first-order chi connectivity index (χ1) is 4.06. The van der Waals surface area contributed by atoms with Crippen molar-refractivity contribution in [2.45, 2.75) is 0 Å². The molecule has 0 aliphatic carbocycles. The number of halogens is 1. The van der Waals surface area contributed by atoms with Crippen LogP contribution < -0.4 is 47.5 Å². The molecule has 0 heterocycles. The van der Waals surface area contributed by atoms with Crippen LogP contribution in [0.1, 0.15) is 0 Å². The minimum Gasteiger partial charge on any atom is -0.790 e. The number of rotatable bonds is 3. The molecule has 0 aromatic carbocycles. The Bertz CT molecular complexity index is 146. The van der Waals surface area contributed by atoms with E-state index in [0.717, 1.165) is 6.08 Å². The minimum atomic E-state index is -4.91. The molecule has 11 heavy (non-hydrogen) atoms. The van der Waals surface area contributed by atoms with Crippen LogP contribution in [0.4, 0.5) is 4.39 Å². The van der Waals surface area contributed by atoms with Crippen LogP contribution in [0.15, 0.2) is 12.4 Å². The van der Waals surface area contributed by atoms with Gasteiger partial charge in [0.2, 0.25) is 0 Å². The molecule has 0 unspecified atom stereocenters. The van der Waals surface area contributed by atoms with Crippen molar-refractivity contribution in [2.75, 3.05) is 6.61 Å². The zero-order valence-corrected chi connectivity index (χ0v) is 7.21. The largest absolute Gasteiger partial charge is 1.00 e. The van der Waals surface area contributed by atoms with Crippen molar-refractivity contribution < 1.29 is 61.0 Å². The molecular weight excluding hydrogens is 164 g/mol. The standard InChI is InChI=1S/C3H6FO4P.2Li/c4-2-1-3-8-9(5,6)7;;/h1-2H,3H2,(H2,5,6,7);;/q;2*+1/p-2. The van der Waals surface area contributed by atoms with Gasteiger partial charge in [-0.2, -0.15) is 0 Å². The van der Waals surface area contributed by atoms with Crippen LogP contribution in [0.5, 0.6) is 0 Å². The molecular formula is C3H4FLi2O4P. The van der Waals surface area contributed by atoms with Crippen LogP contribution >= 0.6 is 7.82 Å². The molecule has 0 N–H and O–H groups in total. The van der Waals surface area contributed by atoms with E-state index < -0.39 is 14.4 Å². The fourth-order valence-corrected chi connectivity index (χ4v) is 0.439. The van der Waals surface area contributed by atoms with Gasteiger partial charge in [-0.3, -0.25) is 0 Å². The minimum absolute atomic E-state index is 0. The molecule has 0 radical (unpaired) electrons. The average Bonchev–Trinajstić information content (AvgIpc) is 1.63. The Morgan fingerprint density at radius 3 is 2.18 bits per heavy atom. The average molecular weight is 168 g/mol. The van der Waals surface area contributed by atoms with Gasteiger partial charge in [-0.05, 0) is 6.08 Å². The van der Waals surface area contributed by atoms with Crippen molar-refractivity contribution in [2.24, 2.45) is 0 Å². The van der Waals surface area contributed by atoms with Gasteiger partial charge in [-0.15, -0.1) is 0 Å². The van der Waals surface area contributed by atoms with Crippen LogP contribution in [-0.4, -0.2) is 6.61 Å². The maximum absolute atomic E-state index is 11.0. The Balaban J connectivity index is -0.000000320.